The molecule has 19 heavy (non-hydrogen) atoms. The van der Waals surface area contributed by atoms with Crippen LogP contribution in [-0.4, -0.2) is 38.1 Å². The molecule has 0 N–H and O–H groups in total. The van der Waals surface area contributed by atoms with E-state index in [4.69, 9.17) is 0 Å². The molecule has 0 aliphatic heterocycles. The minimum atomic E-state index is -0.185. The van der Waals surface area contributed by atoms with Crippen molar-refractivity contribution in [1.82, 2.24) is 4.90 Å². The zero-order valence-electron chi connectivity index (χ0n) is 12.5. The molecular formula is C16H25NO2. The van der Waals surface area contributed by atoms with Gasteiger partial charge in [-0.05, 0) is 36.9 Å². The number of ether oxygens (including phenoxy) is 1. The van der Waals surface area contributed by atoms with E-state index in [0.29, 0.717) is 12.5 Å². The van der Waals surface area contributed by atoms with Crippen LogP contribution < -0.4 is 0 Å². The topological polar surface area (TPSA) is 29.5 Å². The number of carbonyl (C=O) groups excluding carboxylic acids is 1. The molecule has 3 nitrogen and oxygen atoms in total. The predicted molar refractivity (Wildman–Crippen MR) is 78.2 cm³/mol. The van der Waals surface area contributed by atoms with E-state index in [1.54, 1.807) is 0 Å². The highest BCUT2D eigenvalue weighted by molar-refractivity contribution is 5.71. The number of methoxy groups -OCH3 is 1. The Hall–Kier alpha value is -1.35. The second-order valence-electron chi connectivity index (χ2n) is 5.48. The van der Waals surface area contributed by atoms with E-state index in [1.807, 2.05) is 11.9 Å². The Balaban J connectivity index is 2.39. The van der Waals surface area contributed by atoms with Crippen molar-refractivity contribution in [2.45, 2.75) is 26.7 Å². The van der Waals surface area contributed by atoms with Crippen molar-refractivity contribution in [3.63, 3.8) is 0 Å². The molecule has 1 aromatic carbocycles. The molecule has 0 spiro atoms. The Morgan fingerprint density at radius 3 is 2.32 bits per heavy atom. The molecule has 0 aromatic heterocycles. The maximum Gasteiger partial charge on any atom is 0.319 e. The van der Waals surface area contributed by atoms with E-state index >= 15 is 0 Å². The first-order valence-corrected chi connectivity index (χ1v) is 6.84. The summed E-state index contributed by atoms with van der Waals surface area (Å²) in [5.41, 5.74) is 2.70. The Labute approximate surface area is 116 Å². The van der Waals surface area contributed by atoms with E-state index in [1.165, 1.54) is 18.2 Å². The van der Waals surface area contributed by atoms with Gasteiger partial charge in [0.1, 0.15) is 0 Å². The molecule has 106 valence electrons. The third-order valence-corrected chi connectivity index (χ3v) is 3.08. The first-order valence-electron chi connectivity index (χ1n) is 6.84. The van der Waals surface area contributed by atoms with Crippen LogP contribution >= 0.6 is 0 Å². The molecule has 0 heterocycles. The lowest BCUT2D eigenvalue weighted by Gasteiger charge is -2.15. The zero-order chi connectivity index (χ0) is 14.3. The summed E-state index contributed by atoms with van der Waals surface area (Å²) >= 11 is 0. The summed E-state index contributed by atoms with van der Waals surface area (Å²) in [5, 5.41) is 0. The monoisotopic (exact) mass is 263 g/mol. The summed E-state index contributed by atoms with van der Waals surface area (Å²) < 4.78 is 4.64. The summed E-state index contributed by atoms with van der Waals surface area (Å²) in [6.07, 6.45) is 2.08. The van der Waals surface area contributed by atoms with Gasteiger partial charge in [0.2, 0.25) is 0 Å². The normalized spacial score (nSPS) is 11.1. The number of likely N-dealkylation sites (N-methyl/N-ethyl adjacent to an activating group) is 1. The van der Waals surface area contributed by atoms with E-state index in [0.717, 1.165) is 19.4 Å². The van der Waals surface area contributed by atoms with Crippen LogP contribution in [-0.2, 0) is 22.4 Å². The first-order chi connectivity index (χ1) is 9.01. The minimum Gasteiger partial charge on any atom is -0.468 e. The molecule has 3 heteroatoms. The van der Waals surface area contributed by atoms with Crippen LogP contribution in [0.4, 0.5) is 0 Å². The molecule has 0 atom stereocenters. The number of hydrogen-bond donors (Lipinski definition) is 0. The van der Waals surface area contributed by atoms with Crippen molar-refractivity contribution < 1.29 is 9.53 Å². The molecule has 0 saturated heterocycles. The van der Waals surface area contributed by atoms with Crippen LogP contribution in [0.25, 0.3) is 0 Å². The van der Waals surface area contributed by atoms with Gasteiger partial charge in [0, 0.05) is 6.54 Å². The van der Waals surface area contributed by atoms with Gasteiger partial charge in [-0.2, -0.15) is 0 Å². The van der Waals surface area contributed by atoms with Crippen molar-refractivity contribution in [2.24, 2.45) is 5.92 Å². The van der Waals surface area contributed by atoms with Crippen LogP contribution in [0.3, 0.4) is 0 Å². The molecule has 1 rings (SSSR count). The fourth-order valence-electron chi connectivity index (χ4n) is 2.00. The van der Waals surface area contributed by atoms with Crippen molar-refractivity contribution in [2.75, 3.05) is 27.2 Å². The molecule has 0 amide bonds. The fourth-order valence-corrected chi connectivity index (χ4v) is 2.00. The fraction of sp³-hybridized carbons (Fsp3) is 0.562. The quantitative estimate of drug-likeness (QED) is 0.708. The predicted octanol–water partition coefficient (Wildman–Crippen LogP) is 2.53. The van der Waals surface area contributed by atoms with Gasteiger partial charge in [-0.15, -0.1) is 0 Å². The smallest absolute Gasteiger partial charge is 0.319 e. The van der Waals surface area contributed by atoms with Crippen LogP contribution in [0, 0.1) is 5.92 Å². The second-order valence-corrected chi connectivity index (χ2v) is 5.48. The zero-order valence-corrected chi connectivity index (χ0v) is 12.5. The van der Waals surface area contributed by atoms with Crippen molar-refractivity contribution in [3.8, 4) is 0 Å². The van der Waals surface area contributed by atoms with Crippen LogP contribution in [0.1, 0.15) is 25.0 Å². The average Bonchev–Trinajstić information content (AvgIpc) is 2.37. The molecule has 0 radical (unpaired) electrons. The molecule has 1 aromatic rings. The number of carbonyl (C=O) groups is 1. The van der Waals surface area contributed by atoms with Crippen molar-refractivity contribution in [1.29, 1.82) is 0 Å². The van der Waals surface area contributed by atoms with Crippen LogP contribution in [0.2, 0.25) is 0 Å². The number of hydrogen-bond acceptors (Lipinski definition) is 3. The lowest BCUT2D eigenvalue weighted by molar-refractivity contribution is -0.141. The standard InChI is InChI=1S/C16H25NO2/c1-13(2)11-15-7-5-14(6-8-15)9-10-17(3)12-16(18)19-4/h5-8,13H,9-12H2,1-4H3. The van der Waals surface area contributed by atoms with Gasteiger partial charge in [-0.25, -0.2) is 0 Å². The number of rotatable bonds is 7. The molecule has 0 saturated carbocycles. The van der Waals surface area contributed by atoms with Gasteiger partial charge in [0.25, 0.3) is 0 Å². The Bertz CT molecular complexity index is 384. The molecule has 0 bridgehead atoms. The van der Waals surface area contributed by atoms with E-state index in [-0.39, 0.29) is 5.97 Å². The SMILES string of the molecule is COC(=O)CN(C)CCc1ccc(CC(C)C)cc1. The Morgan fingerprint density at radius 1 is 1.21 bits per heavy atom. The average molecular weight is 263 g/mol. The lowest BCUT2D eigenvalue weighted by atomic mass is 10.0. The van der Waals surface area contributed by atoms with Gasteiger partial charge in [0.15, 0.2) is 0 Å². The van der Waals surface area contributed by atoms with Gasteiger partial charge < -0.3 is 4.74 Å². The first kappa shape index (κ1) is 15.7. The third-order valence-electron chi connectivity index (χ3n) is 3.08. The maximum absolute atomic E-state index is 11.1. The largest absolute Gasteiger partial charge is 0.468 e. The maximum atomic E-state index is 11.1. The van der Waals surface area contributed by atoms with Crippen molar-refractivity contribution >= 4 is 5.97 Å². The molecule has 0 aliphatic carbocycles. The highest BCUT2D eigenvalue weighted by atomic mass is 16.5. The van der Waals surface area contributed by atoms with Crippen molar-refractivity contribution in [3.05, 3.63) is 35.4 Å². The number of esters is 1. The van der Waals surface area contributed by atoms with Crippen LogP contribution in [0.5, 0.6) is 0 Å². The van der Waals surface area contributed by atoms with E-state index in [2.05, 4.69) is 42.8 Å². The summed E-state index contributed by atoms with van der Waals surface area (Å²) in [5.74, 6) is 0.506. The summed E-state index contributed by atoms with van der Waals surface area (Å²) in [6.45, 7) is 5.67. The third kappa shape index (κ3) is 6.39. The molecule has 0 fully saturated rings. The minimum absolute atomic E-state index is 0.185. The number of benzene rings is 1. The Kier molecular flexibility index (Phi) is 6.57. The lowest BCUT2D eigenvalue weighted by Crippen LogP contribution is -2.28. The second kappa shape index (κ2) is 7.95. The van der Waals surface area contributed by atoms with Gasteiger partial charge in [0.05, 0.1) is 13.7 Å². The van der Waals surface area contributed by atoms with E-state index < -0.39 is 0 Å². The molecular weight excluding hydrogens is 238 g/mol. The van der Waals surface area contributed by atoms with Crippen LogP contribution in [0.15, 0.2) is 24.3 Å². The molecule has 0 aliphatic rings. The summed E-state index contributed by atoms with van der Waals surface area (Å²) in [7, 11) is 3.35. The summed E-state index contributed by atoms with van der Waals surface area (Å²) in [4.78, 5) is 13.1. The van der Waals surface area contributed by atoms with Gasteiger partial charge >= 0.3 is 5.97 Å². The Morgan fingerprint density at radius 2 is 1.79 bits per heavy atom. The van der Waals surface area contributed by atoms with Gasteiger partial charge in [-0.3, -0.25) is 9.69 Å². The summed E-state index contributed by atoms with van der Waals surface area (Å²) in [6, 6.07) is 8.78. The molecule has 0 unspecified atom stereocenters. The highest BCUT2D eigenvalue weighted by Gasteiger charge is 2.06. The van der Waals surface area contributed by atoms with E-state index in [9.17, 15) is 4.79 Å². The van der Waals surface area contributed by atoms with Gasteiger partial charge in [-0.1, -0.05) is 38.1 Å². The highest BCUT2D eigenvalue weighted by Crippen LogP contribution is 2.10. The number of nitrogens with zero attached hydrogens (tertiary/aromatic N) is 1.